The topological polar surface area (TPSA) is 26.3 Å². The predicted octanol–water partition coefficient (Wildman–Crippen LogP) is 3.04. The second-order valence-electron chi connectivity index (χ2n) is 2.55. The molecule has 0 N–H and O–H groups in total. The van der Waals surface area contributed by atoms with Crippen molar-refractivity contribution >= 4 is 8.46 Å². The van der Waals surface area contributed by atoms with E-state index in [9.17, 15) is 4.57 Å². The molecule has 0 unspecified atom stereocenters. The molecule has 3 heteroatoms. The fraction of sp³-hybridized carbons (Fsp3) is 0.200. The number of hydrogen-bond acceptors (Lipinski definition) is 2. The predicted molar refractivity (Wildman–Crippen MR) is 53.4 cm³/mol. The fourth-order valence-electron chi connectivity index (χ4n) is 1.03. The third-order valence-corrected chi connectivity index (χ3v) is 1.99. The van der Waals surface area contributed by atoms with Crippen molar-refractivity contribution < 1.29 is 9.30 Å². The van der Waals surface area contributed by atoms with Gasteiger partial charge in [-0.25, -0.2) is 0 Å². The molecular weight excluding hydrogens is 183 g/mol. The lowest BCUT2D eigenvalue weighted by atomic mass is 10.1. The van der Waals surface area contributed by atoms with E-state index in [4.69, 9.17) is 4.74 Å². The number of methoxy groups -OCH3 is 1. The molecule has 13 heavy (non-hydrogen) atoms. The number of rotatable bonds is 4. The maximum Gasteiger partial charge on any atom is 0.183 e. The molecule has 1 rings (SSSR count). The lowest BCUT2D eigenvalue weighted by molar-refractivity contribution is 0.414. The lowest BCUT2D eigenvalue weighted by Gasteiger charge is -2.00. The number of hydrogen-bond donors (Lipinski definition) is 0. The third-order valence-electron chi connectivity index (χ3n) is 1.65. The van der Waals surface area contributed by atoms with Gasteiger partial charge in [0.2, 0.25) is 0 Å². The van der Waals surface area contributed by atoms with Gasteiger partial charge in [-0.1, -0.05) is 18.2 Å². The van der Waals surface area contributed by atoms with E-state index < -0.39 is 0 Å². The van der Waals surface area contributed by atoms with Crippen molar-refractivity contribution in [1.29, 1.82) is 0 Å². The minimum atomic E-state index is 0.0571. The van der Waals surface area contributed by atoms with Crippen molar-refractivity contribution in [2.45, 2.75) is 6.42 Å². The highest BCUT2D eigenvalue weighted by molar-refractivity contribution is 7.27. The molecule has 0 fully saturated rings. The Morgan fingerprint density at radius 2 is 2.38 bits per heavy atom. The van der Waals surface area contributed by atoms with Crippen molar-refractivity contribution in [2.75, 3.05) is 7.11 Å². The summed E-state index contributed by atoms with van der Waals surface area (Å²) in [6.45, 7) is 0. The van der Waals surface area contributed by atoms with Crippen LogP contribution in [0, 0.1) is 0 Å². The standard InChI is InChI=1S/C10H11O2P/c1-12-10-6-2-4-9(8-10)5-3-7-13-11/h2-4,6-8H,5H2,1H3. The summed E-state index contributed by atoms with van der Waals surface area (Å²) < 4.78 is 15.2. The van der Waals surface area contributed by atoms with Gasteiger partial charge >= 0.3 is 0 Å². The zero-order valence-electron chi connectivity index (χ0n) is 7.43. The van der Waals surface area contributed by atoms with Gasteiger partial charge in [0.25, 0.3) is 0 Å². The van der Waals surface area contributed by atoms with Gasteiger partial charge in [0.1, 0.15) is 5.75 Å². The lowest BCUT2D eigenvalue weighted by Crippen LogP contribution is -1.85. The summed E-state index contributed by atoms with van der Waals surface area (Å²) >= 11 is 0. The Bertz CT molecular complexity index is 308. The van der Waals surface area contributed by atoms with E-state index in [-0.39, 0.29) is 8.46 Å². The van der Waals surface area contributed by atoms with Gasteiger partial charge in [0.05, 0.1) is 7.11 Å². The molecule has 1 aromatic rings. The van der Waals surface area contributed by atoms with Crippen LogP contribution in [0.15, 0.2) is 36.2 Å². The molecule has 0 aliphatic rings. The SMILES string of the molecule is COc1cccc(CC=CP=O)c1. The fourth-order valence-corrected chi connectivity index (χ4v) is 1.22. The highest BCUT2D eigenvalue weighted by Crippen LogP contribution is 2.13. The molecule has 0 aromatic heterocycles. The van der Waals surface area contributed by atoms with E-state index in [1.54, 1.807) is 12.9 Å². The molecule has 0 atom stereocenters. The Morgan fingerprint density at radius 3 is 3.08 bits per heavy atom. The normalized spacial score (nSPS) is 10.8. The minimum Gasteiger partial charge on any atom is -0.497 e. The van der Waals surface area contributed by atoms with Crippen LogP contribution < -0.4 is 4.74 Å². The molecule has 0 aliphatic carbocycles. The van der Waals surface area contributed by atoms with E-state index in [0.717, 1.165) is 17.7 Å². The van der Waals surface area contributed by atoms with Gasteiger partial charge in [-0.05, 0) is 24.1 Å². The van der Waals surface area contributed by atoms with Crippen molar-refractivity contribution in [1.82, 2.24) is 0 Å². The van der Waals surface area contributed by atoms with Crippen molar-refractivity contribution in [3.8, 4) is 5.75 Å². The first-order valence-corrected chi connectivity index (χ1v) is 4.85. The Morgan fingerprint density at radius 1 is 1.54 bits per heavy atom. The smallest absolute Gasteiger partial charge is 0.183 e. The highest BCUT2D eigenvalue weighted by Gasteiger charge is 1.92. The van der Waals surface area contributed by atoms with Gasteiger partial charge in [-0.2, -0.15) is 0 Å². The Kier molecular flexibility index (Phi) is 4.20. The van der Waals surface area contributed by atoms with E-state index >= 15 is 0 Å². The number of benzene rings is 1. The summed E-state index contributed by atoms with van der Waals surface area (Å²) in [4.78, 5) is 0. The Labute approximate surface area is 79.4 Å². The molecule has 0 amide bonds. The van der Waals surface area contributed by atoms with Crippen LogP contribution in [0.4, 0.5) is 0 Å². The average Bonchev–Trinajstić information content (AvgIpc) is 2.19. The maximum absolute atomic E-state index is 10.1. The van der Waals surface area contributed by atoms with Gasteiger partial charge in [0.15, 0.2) is 8.46 Å². The van der Waals surface area contributed by atoms with E-state index in [0.29, 0.717) is 0 Å². The zero-order chi connectivity index (χ0) is 9.52. The maximum atomic E-state index is 10.1. The van der Waals surface area contributed by atoms with Gasteiger partial charge in [-0.3, -0.25) is 4.57 Å². The van der Waals surface area contributed by atoms with E-state index in [1.165, 1.54) is 0 Å². The molecule has 2 nitrogen and oxygen atoms in total. The summed E-state index contributed by atoms with van der Waals surface area (Å²) in [7, 11) is 1.70. The summed E-state index contributed by atoms with van der Waals surface area (Å²) in [6, 6.07) is 7.82. The third kappa shape index (κ3) is 3.39. The largest absolute Gasteiger partial charge is 0.497 e. The molecule has 0 saturated carbocycles. The monoisotopic (exact) mass is 194 g/mol. The van der Waals surface area contributed by atoms with E-state index in [1.807, 2.05) is 30.3 Å². The van der Waals surface area contributed by atoms with Crippen LogP contribution in [0.2, 0.25) is 0 Å². The van der Waals surface area contributed by atoms with Crippen LogP contribution in [-0.2, 0) is 11.0 Å². The zero-order valence-corrected chi connectivity index (χ0v) is 8.33. The minimum absolute atomic E-state index is 0.0571. The number of ether oxygens (including phenoxy) is 1. The van der Waals surface area contributed by atoms with Crippen LogP contribution >= 0.6 is 8.46 Å². The average molecular weight is 194 g/mol. The van der Waals surface area contributed by atoms with Gasteiger partial charge in [0, 0.05) is 5.82 Å². The van der Waals surface area contributed by atoms with Crippen LogP contribution in [-0.4, -0.2) is 7.11 Å². The first kappa shape index (κ1) is 9.94. The first-order valence-electron chi connectivity index (χ1n) is 3.97. The van der Waals surface area contributed by atoms with Crippen molar-refractivity contribution in [3.63, 3.8) is 0 Å². The molecule has 0 aliphatic heterocycles. The Hall–Kier alpha value is -1.14. The summed E-state index contributed by atoms with van der Waals surface area (Å²) in [5.41, 5.74) is 1.15. The van der Waals surface area contributed by atoms with Crippen molar-refractivity contribution in [2.24, 2.45) is 0 Å². The molecule has 0 radical (unpaired) electrons. The van der Waals surface area contributed by atoms with Gasteiger partial charge < -0.3 is 4.74 Å². The van der Waals surface area contributed by atoms with Gasteiger partial charge in [-0.15, -0.1) is 0 Å². The van der Waals surface area contributed by atoms with Crippen LogP contribution in [0.1, 0.15) is 5.56 Å². The van der Waals surface area contributed by atoms with Crippen LogP contribution in [0.5, 0.6) is 5.75 Å². The first-order chi connectivity index (χ1) is 6.36. The summed E-state index contributed by atoms with van der Waals surface area (Å²) in [6.07, 6.45) is 2.65. The van der Waals surface area contributed by atoms with Crippen LogP contribution in [0.3, 0.4) is 0 Å². The molecule has 0 heterocycles. The molecule has 1 aromatic carbocycles. The van der Waals surface area contributed by atoms with E-state index in [2.05, 4.69) is 0 Å². The quantitative estimate of drug-likeness (QED) is 0.688. The molecule has 68 valence electrons. The summed E-state index contributed by atoms with van der Waals surface area (Å²) in [5.74, 6) is 2.45. The summed E-state index contributed by atoms with van der Waals surface area (Å²) in [5, 5.41) is 0. The molecule has 0 bridgehead atoms. The second kappa shape index (κ2) is 5.50. The van der Waals surface area contributed by atoms with Crippen molar-refractivity contribution in [3.05, 3.63) is 41.7 Å². The molecular formula is C10H11O2P. The second-order valence-corrected chi connectivity index (χ2v) is 3.05. The van der Waals surface area contributed by atoms with Crippen LogP contribution in [0.25, 0.3) is 0 Å². The highest BCUT2D eigenvalue weighted by atomic mass is 31.1. The molecule has 0 spiro atoms. The Balaban J connectivity index is 2.66. The molecule has 0 saturated heterocycles. The number of allylic oxidation sites excluding steroid dienone is 1.